The van der Waals surface area contributed by atoms with Crippen LogP contribution in [0, 0.1) is 0 Å². The van der Waals surface area contributed by atoms with Crippen LogP contribution in [-0.2, 0) is 14.3 Å². The average Bonchev–Trinajstić information content (AvgIpc) is 2.58. The Morgan fingerprint density at radius 1 is 1.08 bits per heavy atom. The Kier molecular flexibility index (Phi) is 8.67. The number of nitrogens with one attached hydrogen (secondary N) is 1. The molecule has 24 heavy (non-hydrogen) atoms. The van der Waals surface area contributed by atoms with Crippen molar-refractivity contribution in [1.29, 1.82) is 0 Å². The van der Waals surface area contributed by atoms with Crippen LogP contribution in [0.3, 0.4) is 0 Å². The van der Waals surface area contributed by atoms with Gasteiger partial charge in [-0.3, -0.25) is 0 Å². The normalized spacial score (nSPS) is 10.2. The van der Waals surface area contributed by atoms with Gasteiger partial charge in [-0.15, -0.1) is 0 Å². The van der Waals surface area contributed by atoms with E-state index in [1.54, 1.807) is 30.3 Å². The van der Waals surface area contributed by atoms with E-state index < -0.39 is 11.9 Å². The number of para-hydroxylation sites is 1. The van der Waals surface area contributed by atoms with Crippen molar-refractivity contribution in [1.82, 2.24) is 10.2 Å². The maximum absolute atomic E-state index is 11.6. The lowest BCUT2D eigenvalue weighted by Gasteiger charge is -2.20. The molecule has 0 atom stereocenters. The van der Waals surface area contributed by atoms with Crippen LogP contribution in [0.25, 0.3) is 0 Å². The van der Waals surface area contributed by atoms with Crippen LogP contribution < -0.4 is 10.1 Å². The second kappa shape index (κ2) is 10.8. The third-order valence-electron chi connectivity index (χ3n) is 2.92. The molecule has 1 N–H and O–H groups in total. The Labute approximate surface area is 141 Å². The van der Waals surface area contributed by atoms with Gasteiger partial charge in [0.05, 0.1) is 6.54 Å². The Morgan fingerprint density at radius 3 is 2.38 bits per heavy atom. The fraction of sp³-hybridized carbons (Fsp3) is 0.353. The summed E-state index contributed by atoms with van der Waals surface area (Å²) in [4.78, 5) is 36.2. The summed E-state index contributed by atoms with van der Waals surface area (Å²) >= 11 is 0. The van der Waals surface area contributed by atoms with Crippen molar-refractivity contribution in [2.75, 3.05) is 26.2 Å². The number of carbonyl (C=O) groups is 3. The smallest absolute Gasteiger partial charge is 0.336 e. The number of benzene rings is 1. The number of esters is 2. The van der Waals surface area contributed by atoms with E-state index in [0.29, 0.717) is 18.8 Å². The van der Waals surface area contributed by atoms with Gasteiger partial charge in [0.1, 0.15) is 12.4 Å². The van der Waals surface area contributed by atoms with E-state index >= 15 is 0 Å². The summed E-state index contributed by atoms with van der Waals surface area (Å²) in [5.74, 6) is -0.955. The Hall–Kier alpha value is -2.83. The first-order valence-electron chi connectivity index (χ1n) is 7.71. The molecule has 0 aromatic heterocycles. The summed E-state index contributed by atoms with van der Waals surface area (Å²) in [7, 11) is 0. The van der Waals surface area contributed by atoms with Crippen LogP contribution in [0.1, 0.15) is 13.8 Å². The molecule has 0 aliphatic carbocycles. The van der Waals surface area contributed by atoms with Gasteiger partial charge in [0.2, 0.25) is 0 Å². The predicted octanol–water partition coefficient (Wildman–Crippen LogP) is 1.74. The molecule has 0 heterocycles. The highest BCUT2D eigenvalue weighted by Crippen LogP contribution is 2.08. The topological polar surface area (TPSA) is 84.9 Å². The monoisotopic (exact) mass is 334 g/mol. The fourth-order valence-electron chi connectivity index (χ4n) is 1.75. The Bertz CT molecular complexity index is 572. The lowest BCUT2D eigenvalue weighted by molar-refractivity contribution is -0.138. The summed E-state index contributed by atoms with van der Waals surface area (Å²) in [5, 5.41) is 2.67. The molecule has 0 unspecified atom stereocenters. The first-order valence-corrected chi connectivity index (χ1v) is 7.71. The number of ether oxygens (including phenoxy) is 2. The van der Waals surface area contributed by atoms with Crippen molar-refractivity contribution < 1.29 is 23.9 Å². The Balaban J connectivity index is 2.32. The number of likely N-dealkylation sites (N-methyl/N-ethyl adjacent to an activating group) is 1. The molecule has 0 saturated carbocycles. The number of carbonyl (C=O) groups excluding carboxylic acids is 3. The molecule has 0 saturated heterocycles. The SMILES string of the molecule is CCNC(=O)N(CC)CCOC(=O)/C=C/C(=O)Oc1ccccc1. The van der Waals surface area contributed by atoms with Gasteiger partial charge in [0, 0.05) is 25.2 Å². The maximum atomic E-state index is 11.6. The van der Waals surface area contributed by atoms with E-state index in [9.17, 15) is 14.4 Å². The molecular weight excluding hydrogens is 312 g/mol. The third kappa shape index (κ3) is 7.44. The summed E-state index contributed by atoms with van der Waals surface area (Å²) < 4.78 is 9.94. The summed E-state index contributed by atoms with van der Waals surface area (Å²) in [5.41, 5.74) is 0. The van der Waals surface area contributed by atoms with Crippen LogP contribution in [0.15, 0.2) is 42.5 Å². The number of hydrogen-bond donors (Lipinski definition) is 1. The largest absolute Gasteiger partial charge is 0.461 e. The average molecular weight is 334 g/mol. The number of rotatable bonds is 8. The zero-order chi connectivity index (χ0) is 17.8. The molecule has 0 spiro atoms. The molecule has 1 aromatic rings. The van der Waals surface area contributed by atoms with Gasteiger partial charge in [0.25, 0.3) is 0 Å². The number of hydrogen-bond acceptors (Lipinski definition) is 5. The fourth-order valence-corrected chi connectivity index (χ4v) is 1.75. The van der Waals surface area contributed by atoms with E-state index in [-0.39, 0.29) is 19.2 Å². The highest BCUT2D eigenvalue weighted by atomic mass is 16.5. The second-order valence-electron chi connectivity index (χ2n) is 4.65. The van der Waals surface area contributed by atoms with Gasteiger partial charge in [0.15, 0.2) is 0 Å². The van der Waals surface area contributed by atoms with E-state index in [4.69, 9.17) is 9.47 Å². The highest BCUT2D eigenvalue weighted by molar-refractivity contribution is 5.92. The zero-order valence-corrected chi connectivity index (χ0v) is 13.9. The highest BCUT2D eigenvalue weighted by Gasteiger charge is 2.10. The predicted molar refractivity (Wildman–Crippen MR) is 88.5 cm³/mol. The van der Waals surface area contributed by atoms with Crippen molar-refractivity contribution in [3.63, 3.8) is 0 Å². The van der Waals surface area contributed by atoms with Crippen molar-refractivity contribution >= 4 is 18.0 Å². The van der Waals surface area contributed by atoms with Gasteiger partial charge in [-0.25, -0.2) is 14.4 Å². The lowest BCUT2D eigenvalue weighted by Crippen LogP contribution is -2.41. The molecule has 7 heteroatoms. The number of urea groups is 1. The molecule has 0 bridgehead atoms. The minimum atomic E-state index is -0.674. The van der Waals surface area contributed by atoms with Crippen molar-refractivity contribution in [3.05, 3.63) is 42.5 Å². The molecule has 2 amide bonds. The van der Waals surface area contributed by atoms with Gasteiger partial charge in [-0.2, -0.15) is 0 Å². The molecule has 0 aliphatic heterocycles. The standard InChI is InChI=1S/C17H22N2O5/c1-3-18-17(22)19(4-2)12-13-23-15(20)10-11-16(21)24-14-8-6-5-7-9-14/h5-11H,3-4,12-13H2,1-2H3,(H,18,22)/b11-10+. The molecule has 0 aliphatic rings. The maximum Gasteiger partial charge on any atom is 0.336 e. The summed E-state index contributed by atoms with van der Waals surface area (Å²) in [6.45, 7) is 5.00. The van der Waals surface area contributed by atoms with E-state index in [2.05, 4.69) is 5.32 Å². The van der Waals surface area contributed by atoms with Gasteiger partial charge >= 0.3 is 18.0 Å². The van der Waals surface area contributed by atoms with Crippen LogP contribution >= 0.6 is 0 Å². The molecule has 0 radical (unpaired) electrons. The first kappa shape index (κ1) is 19.2. The molecular formula is C17H22N2O5. The van der Waals surface area contributed by atoms with Crippen LogP contribution in [0.4, 0.5) is 4.79 Å². The first-order chi connectivity index (χ1) is 11.6. The van der Waals surface area contributed by atoms with Crippen LogP contribution in [-0.4, -0.2) is 49.1 Å². The van der Waals surface area contributed by atoms with Crippen molar-refractivity contribution in [3.8, 4) is 5.75 Å². The number of nitrogens with zero attached hydrogens (tertiary/aromatic N) is 1. The van der Waals surface area contributed by atoms with Crippen molar-refractivity contribution in [2.45, 2.75) is 13.8 Å². The lowest BCUT2D eigenvalue weighted by atomic mass is 10.3. The van der Waals surface area contributed by atoms with Crippen LogP contribution in [0.5, 0.6) is 5.75 Å². The third-order valence-corrected chi connectivity index (χ3v) is 2.92. The minimum Gasteiger partial charge on any atom is -0.461 e. The summed E-state index contributed by atoms with van der Waals surface area (Å²) in [6, 6.07) is 8.31. The van der Waals surface area contributed by atoms with E-state index in [0.717, 1.165) is 12.2 Å². The minimum absolute atomic E-state index is 0.0435. The van der Waals surface area contributed by atoms with E-state index in [1.165, 1.54) is 4.90 Å². The molecule has 0 fully saturated rings. The van der Waals surface area contributed by atoms with Gasteiger partial charge < -0.3 is 19.7 Å². The second-order valence-corrected chi connectivity index (χ2v) is 4.65. The van der Waals surface area contributed by atoms with Crippen LogP contribution in [0.2, 0.25) is 0 Å². The quantitative estimate of drug-likeness (QED) is 0.445. The summed E-state index contributed by atoms with van der Waals surface area (Å²) in [6.07, 6.45) is 1.99. The molecule has 7 nitrogen and oxygen atoms in total. The Morgan fingerprint density at radius 2 is 1.75 bits per heavy atom. The van der Waals surface area contributed by atoms with Gasteiger partial charge in [-0.05, 0) is 26.0 Å². The van der Waals surface area contributed by atoms with E-state index in [1.807, 2.05) is 13.8 Å². The zero-order valence-electron chi connectivity index (χ0n) is 13.9. The molecule has 1 aromatic carbocycles. The number of amides is 2. The molecule has 1 rings (SSSR count). The van der Waals surface area contributed by atoms with Gasteiger partial charge in [-0.1, -0.05) is 18.2 Å². The molecule has 130 valence electrons. The van der Waals surface area contributed by atoms with Crippen molar-refractivity contribution in [2.24, 2.45) is 0 Å².